The van der Waals surface area contributed by atoms with E-state index in [0.717, 1.165) is 17.2 Å². The molecule has 0 bridgehead atoms. The minimum Gasteiger partial charge on any atom is -0.246 e. The van der Waals surface area contributed by atoms with Gasteiger partial charge in [0.15, 0.2) is 0 Å². The zero-order valence-electron chi connectivity index (χ0n) is 10.1. The van der Waals surface area contributed by atoms with Crippen LogP contribution in [0.5, 0.6) is 0 Å². The molecule has 1 atom stereocenters. The zero-order valence-corrected chi connectivity index (χ0v) is 12.5. The molecule has 1 heterocycles. The fourth-order valence-electron chi connectivity index (χ4n) is 2.63. The van der Waals surface area contributed by atoms with E-state index in [-0.39, 0.29) is 0 Å². The molecule has 0 aromatic carbocycles. The number of nitrogens with zero attached hydrogens (tertiary/aromatic N) is 1. The molecule has 0 N–H and O–H groups in total. The largest absolute Gasteiger partial charge is 0.246 e. The molecule has 1 aromatic heterocycles. The van der Waals surface area contributed by atoms with Crippen LogP contribution in [0.4, 0.5) is 0 Å². The maximum absolute atomic E-state index is 4.67. The Balaban J connectivity index is 2.00. The lowest BCUT2D eigenvalue weighted by atomic mass is 9.90. The molecule has 1 nitrogen and oxygen atoms in total. The summed E-state index contributed by atoms with van der Waals surface area (Å²) in [7, 11) is 0. The molecule has 1 aliphatic carbocycles. The van der Waals surface area contributed by atoms with Crippen LogP contribution in [0.2, 0.25) is 0 Å². The summed E-state index contributed by atoms with van der Waals surface area (Å²) in [6, 6.07) is 0. The number of rotatable bonds is 4. The van der Waals surface area contributed by atoms with Crippen LogP contribution in [-0.4, -0.2) is 10.3 Å². The number of alkyl halides is 1. The summed E-state index contributed by atoms with van der Waals surface area (Å²) in [5.74, 6) is 1.73. The summed E-state index contributed by atoms with van der Waals surface area (Å²) in [4.78, 5) is 6.05. The molecular formula is C13H20BrNS. The number of halogens is 1. The third-order valence-electron chi connectivity index (χ3n) is 3.77. The fraction of sp³-hybridized carbons (Fsp3) is 0.769. The molecule has 16 heavy (non-hydrogen) atoms. The van der Waals surface area contributed by atoms with Gasteiger partial charge in [0.2, 0.25) is 0 Å². The normalized spacial score (nSPS) is 19.2. The average molecular weight is 302 g/mol. The quantitative estimate of drug-likeness (QED) is 0.746. The molecule has 2 rings (SSSR count). The van der Waals surface area contributed by atoms with Crippen molar-refractivity contribution in [2.75, 3.05) is 5.33 Å². The highest BCUT2D eigenvalue weighted by molar-refractivity contribution is 9.09. The molecule has 0 radical (unpaired) electrons. The summed E-state index contributed by atoms with van der Waals surface area (Å²) in [6.45, 7) is 4.29. The molecule has 0 spiro atoms. The van der Waals surface area contributed by atoms with Gasteiger partial charge >= 0.3 is 0 Å². The molecule has 1 fully saturated rings. The molecule has 1 unspecified atom stereocenters. The minimum absolute atomic E-state index is 0.799. The van der Waals surface area contributed by atoms with E-state index in [1.165, 1.54) is 47.7 Å². The Labute approximate surface area is 111 Å². The van der Waals surface area contributed by atoms with Gasteiger partial charge in [-0.05, 0) is 25.7 Å². The Morgan fingerprint density at radius 2 is 2.06 bits per heavy atom. The van der Waals surface area contributed by atoms with E-state index in [1.54, 1.807) is 0 Å². The first-order chi connectivity index (χ1) is 7.70. The summed E-state index contributed by atoms with van der Waals surface area (Å²) < 4.78 is 0. The van der Waals surface area contributed by atoms with E-state index in [0.29, 0.717) is 0 Å². The Morgan fingerprint density at radius 1 is 1.38 bits per heavy atom. The minimum atomic E-state index is 0.799. The molecule has 90 valence electrons. The first-order valence-corrected chi connectivity index (χ1v) is 8.13. The van der Waals surface area contributed by atoms with Crippen molar-refractivity contribution in [2.24, 2.45) is 11.8 Å². The number of hydrogen-bond donors (Lipinski definition) is 0. The second-order valence-corrected chi connectivity index (χ2v) is 6.85. The maximum atomic E-state index is 4.67. The predicted molar refractivity (Wildman–Crippen MR) is 74.5 cm³/mol. The van der Waals surface area contributed by atoms with Gasteiger partial charge in [0.1, 0.15) is 0 Å². The van der Waals surface area contributed by atoms with Gasteiger partial charge in [-0.25, -0.2) is 4.98 Å². The molecule has 1 saturated carbocycles. The first kappa shape index (κ1) is 12.6. The van der Waals surface area contributed by atoms with Crippen molar-refractivity contribution in [3.8, 4) is 0 Å². The van der Waals surface area contributed by atoms with Crippen LogP contribution in [0.3, 0.4) is 0 Å². The van der Waals surface area contributed by atoms with Crippen LogP contribution in [0.15, 0.2) is 0 Å². The Kier molecular flexibility index (Phi) is 4.42. The van der Waals surface area contributed by atoms with Gasteiger partial charge in [0.25, 0.3) is 0 Å². The topological polar surface area (TPSA) is 12.9 Å². The van der Waals surface area contributed by atoms with Gasteiger partial charge in [-0.2, -0.15) is 0 Å². The monoisotopic (exact) mass is 301 g/mol. The average Bonchev–Trinajstić information content (AvgIpc) is 2.86. The summed E-state index contributed by atoms with van der Waals surface area (Å²) in [5, 5.41) is 2.47. The van der Waals surface area contributed by atoms with Crippen LogP contribution in [-0.2, 0) is 6.42 Å². The van der Waals surface area contributed by atoms with Crippen molar-refractivity contribution in [1.29, 1.82) is 0 Å². The number of thiazole rings is 1. The Morgan fingerprint density at radius 3 is 2.56 bits per heavy atom. The highest BCUT2D eigenvalue weighted by Gasteiger charge is 2.25. The molecule has 0 aliphatic heterocycles. The molecule has 1 aliphatic rings. The number of aryl methyl sites for hydroxylation is 2. The van der Waals surface area contributed by atoms with Gasteiger partial charge in [0, 0.05) is 16.6 Å². The Bertz CT molecular complexity index is 322. The van der Waals surface area contributed by atoms with E-state index in [4.69, 9.17) is 0 Å². The van der Waals surface area contributed by atoms with Gasteiger partial charge in [-0.1, -0.05) is 41.6 Å². The van der Waals surface area contributed by atoms with Crippen LogP contribution >= 0.6 is 27.3 Å². The molecule has 0 amide bonds. The van der Waals surface area contributed by atoms with E-state index >= 15 is 0 Å². The van der Waals surface area contributed by atoms with E-state index in [2.05, 4.69) is 34.8 Å². The van der Waals surface area contributed by atoms with Crippen LogP contribution < -0.4 is 0 Å². The second kappa shape index (κ2) is 5.63. The van der Waals surface area contributed by atoms with Crippen molar-refractivity contribution in [3.63, 3.8) is 0 Å². The van der Waals surface area contributed by atoms with E-state index in [1.807, 2.05) is 11.3 Å². The van der Waals surface area contributed by atoms with Crippen molar-refractivity contribution < 1.29 is 0 Å². The predicted octanol–water partition coefficient (Wildman–Crippen LogP) is 4.50. The second-order valence-electron chi connectivity index (χ2n) is 4.91. The maximum Gasteiger partial charge on any atom is 0.0934 e. The summed E-state index contributed by atoms with van der Waals surface area (Å²) >= 11 is 5.57. The van der Waals surface area contributed by atoms with Crippen molar-refractivity contribution in [1.82, 2.24) is 4.98 Å². The van der Waals surface area contributed by atoms with Crippen LogP contribution in [0.1, 0.15) is 41.3 Å². The summed E-state index contributed by atoms with van der Waals surface area (Å²) in [6.07, 6.45) is 6.91. The van der Waals surface area contributed by atoms with Crippen molar-refractivity contribution in [2.45, 2.75) is 46.0 Å². The van der Waals surface area contributed by atoms with E-state index in [9.17, 15) is 0 Å². The van der Waals surface area contributed by atoms with Crippen molar-refractivity contribution >= 4 is 27.3 Å². The highest BCUT2D eigenvalue weighted by atomic mass is 79.9. The van der Waals surface area contributed by atoms with Gasteiger partial charge < -0.3 is 0 Å². The van der Waals surface area contributed by atoms with E-state index < -0.39 is 0 Å². The molecule has 0 saturated heterocycles. The number of hydrogen-bond acceptors (Lipinski definition) is 2. The third kappa shape index (κ3) is 2.86. The Hall–Kier alpha value is 0.110. The van der Waals surface area contributed by atoms with Gasteiger partial charge in [-0.15, -0.1) is 11.3 Å². The summed E-state index contributed by atoms with van der Waals surface area (Å²) in [5.41, 5.74) is 1.22. The van der Waals surface area contributed by atoms with Crippen LogP contribution in [0.25, 0.3) is 0 Å². The van der Waals surface area contributed by atoms with Gasteiger partial charge in [0.05, 0.1) is 10.7 Å². The first-order valence-electron chi connectivity index (χ1n) is 6.19. The van der Waals surface area contributed by atoms with Crippen LogP contribution in [0, 0.1) is 25.7 Å². The van der Waals surface area contributed by atoms with Gasteiger partial charge in [-0.3, -0.25) is 0 Å². The standard InChI is InChI=1S/C13H20BrNS/c1-9-10(2)16-13(15-9)7-12(8-14)11-5-3-4-6-11/h11-12H,3-8H2,1-2H3. The lowest BCUT2D eigenvalue weighted by molar-refractivity contribution is 0.372. The SMILES string of the molecule is Cc1nc(CC(CBr)C2CCCC2)sc1C. The lowest BCUT2D eigenvalue weighted by Crippen LogP contribution is -2.16. The molecule has 1 aromatic rings. The fourth-order valence-corrected chi connectivity index (χ4v) is 4.41. The smallest absolute Gasteiger partial charge is 0.0934 e. The number of aromatic nitrogens is 1. The molecular weight excluding hydrogens is 282 g/mol. The zero-order chi connectivity index (χ0) is 11.5. The molecule has 3 heteroatoms. The highest BCUT2D eigenvalue weighted by Crippen LogP contribution is 2.35. The third-order valence-corrected chi connectivity index (χ3v) is 5.70. The van der Waals surface area contributed by atoms with Crippen molar-refractivity contribution in [3.05, 3.63) is 15.6 Å². The lowest BCUT2D eigenvalue weighted by Gasteiger charge is -2.19.